The van der Waals surface area contributed by atoms with Gasteiger partial charge in [0, 0.05) is 12.5 Å². The number of rotatable bonds is 3. The van der Waals surface area contributed by atoms with Gasteiger partial charge in [-0.3, -0.25) is 39.5 Å². The second-order valence-corrected chi connectivity index (χ2v) is 5.24. The molecule has 0 spiro atoms. The largest absolute Gasteiger partial charge is 0.496 e. The lowest BCUT2D eigenvalue weighted by atomic mass is 10.0. The van der Waals surface area contributed by atoms with Crippen molar-refractivity contribution in [2.45, 2.75) is 18.9 Å². The van der Waals surface area contributed by atoms with Gasteiger partial charge in [-0.1, -0.05) is 0 Å². The first kappa shape index (κ1) is 15.6. The van der Waals surface area contributed by atoms with Gasteiger partial charge in [0.2, 0.25) is 11.8 Å². The Morgan fingerprint density at radius 1 is 1.21 bits per heavy atom. The zero-order chi connectivity index (χ0) is 17.6. The van der Waals surface area contributed by atoms with E-state index >= 15 is 0 Å². The van der Waals surface area contributed by atoms with Gasteiger partial charge >= 0.3 is 0 Å². The first-order chi connectivity index (χ1) is 11.4. The van der Waals surface area contributed by atoms with Crippen molar-refractivity contribution in [3.63, 3.8) is 0 Å². The molecule has 1 fully saturated rings. The summed E-state index contributed by atoms with van der Waals surface area (Å²) < 4.78 is 5.01. The lowest BCUT2D eigenvalue weighted by Crippen LogP contribution is -2.54. The predicted octanol–water partition coefficient (Wildman–Crippen LogP) is 0.00460. The minimum atomic E-state index is -1.19. The lowest BCUT2D eigenvalue weighted by Gasteiger charge is -2.27. The van der Waals surface area contributed by atoms with Crippen LogP contribution in [0.5, 0.6) is 5.75 Å². The third kappa shape index (κ3) is 2.11. The van der Waals surface area contributed by atoms with Crippen molar-refractivity contribution in [2.24, 2.45) is 0 Å². The van der Waals surface area contributed by atoms with Gasteiger partial charge in [-0.2, -0.15) is 0 Å². The molecule has 1 N–H and O–H groups in total. The summed E-state index contributed by atoms with van der Waals surface area (Å²) in [5.41, 5.74) is -1.20. The van der Waals surface area contributed by atoms with E-state index in [2.05, 4.69) is 5.32 Å². The first-order valence-corrected chi connectivity index (χ1v) is 6.93. The fourth-order valence-corrected chi connectivity index (χ4v) is 2.87. The molecule has 3 rings (SSSR count). The van der Waals surface area contributed by atoms with E-state index in [0.717, 1.165) is 6.07 Å². The molecule has 2 heterocycles. The van der Waals surface area contributed by atoms with E-state index in [-0.39, 0.29) is 24.2 Å². The standard InChI is InChI=1S/C14H11N3O7/c1-24-8-4-2-6(17(22)23)10-11(8)14(21)16(13(10)20)7-3-5-9(18)15-12(7)19/h2,4,7H,3,5H2,1H3,(H,15,18,19). The SMILES string of the molecule is COc1ccc([N+](=O)[O-])c2c1C(=O)N(C1CCC(=O)NC1=O)C2=O. The van der Waals surface area contributed by atoms with E-state index in [1.165, 1.54) is 13.2 Å². The van der Waals surface area contributed by atoms with E-state index in [9.17, 15) is 29.3 Å². The molecule has 124 valence electrons. The van der Waals surface area contributed by atoms with Crippen LogP contribution in [0.3, 0.4) is 0 Å². The normalized spacial score (nSPS) is 20.0. The van der Waals surface area contributed by atoms with Crippen molar-refractivity contribution in [1.82, 2.24) is 10.2 Å². The number of amides is 4. The zero-order valence-corrected chi connectivity index (χ0v) is 12.4. The molecule has 24 heavy (non-hydrogen) atoms. The highest BCUT2D eigenvalue weighted by Gasteiger charge is 2.49. The molecule has 0 aliphatic carbocycles. The fourth-order valence-electron chi connectivity index (χ4n) is 2.87. The predicted molar refractivity (Wildman–Crippen MR) is 76.3 cm³/mol. The smallest absolute Gasteiger partial charge is 0.283 e. The Kier molecular flexibility index (Phi) is 3.51. The van der Waals surface area contributed by atoms with Crippen molar-refractivity contribution in [2.75, 3.05) is 7.11 Å². The highest BCUT2D eigenvalue weighted by molar-refractivity contribution is 6.26. The number of hydrogen-bond donors (Lipinski definition) is 1. The number of nitro benzene ring substituents is 1. The van der Waals surface area contributed by atoms with Crippen LogP contribution in [0.2, 0.25) is 0 Å². The van der Waals surface area contributed by atoms with Gasteiger partial charge in [0.1, 0.15) is 22.9 Å². The summed E-state index contributed by atoms with van der Waals surface area (Å²) in [4.78, 5) is 59.5. The van der Waals surface area contributed by atoms with Crippen molar-refractivity contribution in [3.05, 3.63) is 33.4 Å². The monoisotopic (exact) mass is 333 g/mol. The van der Waals surface area contributed by atoms with Crippen LogP contribution in [-0.4, -0.2) is 46.6 Å². The molecule has 10 nitrogen and oxygen atoms in total. The molecular formula is C14H11N3O7. The number of ether oxygens (including phenoxy) is 1. The van der Waals surface area contributed by atoms with Crippen LogP contribution < -0.4 is 10.1 Å². The molecule has 0 aromatic heterocycles. The number of imide groups is 2. The molecule has 0 saturated carbocycles. The average molecular weight is 333 g/mol. The highest BCUT2D eigenvalue weighted by atomic mass is 16.6. The summed E-state index contributed by atoms with van der Waals surface area (Å²) in [5, 5.41) is 13.2. The second kappa shape index (κ2) is 5.41. The maximum Gasteiger partial charge on any atom is 0.283 e. The molecule has 1 aromatic carbocycles. The minimum Gasteiger partial charge on any atom is -0.496 e. The van der Waals surface area contributed by atoms with E-state index in [0.29, 0.717) is 4.90 Å². The molecule has 0 bridgehead atoms. The number of nitrogens with one attached hydrogen (secondary N) is 1. The van der Waals surface area contributed by atoms with Gasteiger partial charge in [0.05, 0.1) is 12.0 Å². The van der Waals surface area contributed by atoms with Gasteiger partial charge in [-0.05, 0) is 12.5 Å². The Balaban J connectivity index is 2.11. The quantitative estimate of drug-likeness (QED) is 0.467. The number of methoxy groups -OCH3 is 1. The summed E-state index contributed by atoms with van der Waals surface area (Å²) in [7, 11) is 1.26. The van der Waals surface area contributed by atoms with E-state index < -0.39 is 45.8 Å². The number of carbonyl (C=O) groups is 4. The van der Waals surface area contributed by atoms with Gasteiger partial charge < -0.3 is 4.74 Å². The number of nitrogens with zero attached hydrogens (tertiary/aromatic N) is 2. The van der Waals surface area contributed by atoms with Gasteiger partial charge in [0.15, 0.2) is 0 Å². The molecule has 1 atom stereocenters. The third-order valence-electron chi connectivity index (χ3n) is 3.95. The Labute approximate surface area is 134 Å². The lowest BCUT2D eigenvalue weighted by molar-refractivity contribution is -0.385. The van der Waals surface area contributed by atoms with Gasteiger partial charge in [-0.25, -0.2) is 0 Å². The third-order valence-corrected chi connectivity index (χ3v) is 3.95. The van der Waals surface area contributed by atoms with E-state index in [1.807, 2.05) is 0 Å². The second-order valence-electron chi connectivity index (χ2n) is 5.24. The molecule has 10 heteroatoms. The van der Waals surface area contributed by atoms with E-state index in [4.69, 9.17) is 4.74 Å². The molecule has 1 aromatic rings. The maximum absolute atomic E-state index is 12.6. The molecule has 1 unspecified atom stereocenters. The minimum absolute atomic E-state index is 0.00347. The van der Waals surface area contributed by atoms with E-state index in [1.54, 1.807) is 0 Å². The molecule has 0 radical (unpaired) electrons. The van der Waals surface area contributed by atoms with Crippen molar-refractivity contribution >= 4 is 29.3 Å². The van der Waals surface area contributed by atoms with Crippen LogP contribution in [0.25, 0.3) is 0 Å². The van der Waals surface area contributed by atoms with Crippen LogP contribution in [0.4, 0.5) is 5.69 Å². The van der Waals surface area contributed by atoms with Crippen LogP contribution in [-0.2, 0) is 9.59 Å². The number of fused-ring (bicyclic) bond motifs is 1. The summed E-state index contributed by atoms with van der Waals surface area (Å²) in [6.45, 7) is 0. The molecule has 2 aliphatic heterocycles. The topological polar surface area (TPSA) is 136 Å². The molecule has 2 aliphatic rings. The number of nitro groups is 1. The number of carbonyl (C=O) groups excluding carboxylic acids is 4. The number of hydrogen-bond acceptors (Lipinski definition) is 7. The molecule has 1 saturated heterocycles. The Morgan fingerprint density at radius 2 is 1.88 bits per heavy atom. The van der Waals surface area contributed by atoms with Crippen LogP contribution in [0.1, 0.15) is 33.6 Å². The van der Waals surface area contributed by atoms with Crippen LogP contribution >= 0.6 is 0 Å². The number of piperidine rings is 1. The maximum atomic E-state index is 12.6. The summed E-state index contributed by atoms with van der Waals surface area (Å²) >= 11 is 0. The van der Waals surface area contributed by atoms with Crippen LogP contribution in [0, 0.1) is 10.1 Å². The fraction of sp³-hybridized carbons (Fsp3) is 0.286. The average Bonchev–Trinajstić information content (AvgIpc) is 2.79. The van der Waals surface area contributed by atoms with Crippen LogP contribution in [0.15, 0.2) is 12.1 Å². The summed E-state index contributed by atoms with van der Waals surface area (Å²) in [5.74, 6) is -3.09. The summed E-state index contributed by atoms with van der Waals surface area (Å²) in [6, 6.07) is 1.09. The zero-order valence-electron chi connectivity index (χ0n) is 12.4. The Morgan fingerprint density at radius 3 is 2.46 bits per heavy atom. The molecular weight excluding hydrogens is 322 g/mol. The highest BCUT2D eigenvalue weighted by Crippen LogP contribution is 2.38. The van der Waals surface area contributed by atoms with Crippen molar-refractivity contribution in [1.29, 1.82) is 0 Å². The van der Waals surface area contributed by atoms with Crippen molar-refractivity contribution < 1.29 is 28.8 Å². The number of benzene rings is 1. The Hall–Kier alpha value is -3.30. The van der Waals surface area contributed by atoms with Crippen molar-refractivity contribution in [3.8, 4) is 5.75 Å². The Bertz CT molecular complexity index is 817. The summed E-state index contributed by atoms with van der Waals surface area (Å²) in [6.07, 6.45) is -0.0741. The van der Waals surface area contributed by atoms with Gasteiger partial charge in [-0.15, -0.1) is 0 Å². The van der Waals surface area contributed by atoms with Gasteiger partial charge in [0.25, 0.3) is 17.5 Å². The first-order valence-electron chi connectivity index (χ1n) is 6.93. The molecule has 4 amide bonds.